The number of nitrogens with two attached hydrogens (primary N) is 1. The summed E-state index contributed by atoms with van der Waals surface area (Å²) in [6.45, 7) is 4.71. The summed E-state index contributed by atoms with van der Waals surface area (Å²) in [5, 5.41) is 20.7. The Labute approximate surface area is 204 Å². The molecule has 1 saturated carbocycles. The molecule has 7 rings (SSSR count). The molecule has 0 amide bonds. The van der Waals surface area contributed by atoms with Crippen LogP contribution in [0, 0.1) is 11.8 Å². The second kappa shape index (κ2) is 8.57. The fourth-order valence-electron chi connectivity index (χ4n) is 6.98. The molecule has 3 aliphatic heterocycles. The smallest absolute Gasteiger partial charge is 0.320 e. The first-order valence-electron chi connectivity index (χ1n) is 12.8. The highest BCUT2D eigenvalue weighted by atomic mass is 16.5. The number of phenolic OH excluding ortho intramolecular Hbond substituents is 1. The number of nitrogens with zero attached hydrogens (tertiary/aromatic N) is 1. The van der Waals surface area contributed by atoms with E-state index in [0.717, 1.165) is 30.3 Å². The molecule has 6 unspecified atom stereocenters. The lowest BCUT2D eigenvalue weighted by Crippen LogP contribution is -2.56. The van der Waals surface area contributed by atoms with Gasteiger partial charge in [0, 0.05) is 41.6 Å². The van der Waals surface area contributed by atoms with Gasteiger partial charge in [0.15, 0.2) is 11.5 Å². The van der Waals surface area contributed by atoms with E-state index in [-0.39, 0.29) is 12.2 Å². The van der Waals surface area contributed by atoms with Gasteiger partial charge in [0.1, 0.15) is 11.8 Å². The summed E-state index contributed by atoms with van der Waals surface area (Å²) in [6, 6.07) is 10.7. The Balaban J connectivity index is 1.29. The van der Waals surface area contributed by atoms with Crippen LogP contribution in [0.25, 0.3) is 10.9 Å². The second-order valence-electron chi connectivity index (χ2n) is 10.6. The van der Waals surface area contributed by atoms with Crippen LogP contribution in [0.3, 0.4) is 0 Å². The Morgan fingerprint density at radius 1 is 1.26 bits per heavy atom. The maximum atomic E-state index is 11.0. The van der Waals surface area contributed by atoms with Gasteiger partial charge in [-0.15, -0.1) is 0 Å². The number of hydrogen-bond acceptors (Lipinski definition) is 5. The Morgan fingerprint density at radius 3 is 2.89 bits per heavy atom. The van der Waals surface area contributed by atoms with Gasteiger partial charge in [-0.3, -0.25) is 9.69 Å². The standard InChI is InChI=1S/C28H33N3O4/c1-2-17-9-16-10-21-26-19(7-8-31(14-16)27(17)21)20-13-18(4-5-23(20)30-26)35-25-6-3-15(12-24(25)32)11-22(29)28(33)34/h3-6,12-13,16-17,21-22,27,30,32H,2,7-11,14,29H2,1H3,(H,33,34). The van der Waals surface area contributed by atoms with Crippen LogP contribution in [0.15, 0.2) is 36.4 Å². The molecule has 3 aromatic rings. The molecule has 6 atom stereocenters. The molecule has 5 N–H and O–H groups in total. The van der Waals surface area contributed by atoms with Gasteiger partial charge in [-0.2, -0.15) is 0 Å². The van der Waals surface area contributed by atoms with E-state index in [2.05, 4.69) is 28.9 Å². The Kier molecular flexibility index (Phi) is 5.49. The summed E-state index contributed by atoms with van der Waals surface area (Å²) in [5.74, 6) is 2.09. The Morgan fingerprint density at radius 2 is 2.11 bits per heavy atom. The summed E-state index contributed by atoms with van der Waals surface area (Å²) in [5.41, 5.74) is 10.3. The first-order valence-corrected chi connectivity index (χ1v) is 12.8. The summed E-state index contributed by atoms with van der Waals surface area (Å²) >= 11 is 0. The van der Waals surface area contributed by atoms with Crippen molar-refractivity contribution in [2.45, 2.75) is 57.0 Å². The van der Waals surface area contributed by atoms with Crippen molar-refractivity contribution in [2.24, 2.45) is 17.6 Å². The van der Waals surface area contributed by atoms with E-state index in [0.29, 0.717) is 29.0 Å². The number of aliphatic carboxylic acids is 1. The molecule has 0 radical (unpaired) electrons. The van der Waals surface area contributed by atoms with E-state index in [1.54, 1.807) is 12.1 Å². The minimum Gasteiger partial charge on any atom is -0.504 e. The van der Waals surface area contributed by atoms with Crippen molar-refractivity contribution in [1.82, 2.24) is 9.88 Å². The number of fused-ring (bicyclic) bond motifs is 4. The molecule has 2 saturated heterocycles. The average molecular weight is 476 g/mol. The van der Waals surface area contributed by atoms with Crippen LogP contribution in [0.4, 0.5) is 0 Å². The molecule has 4 heterocycles. The predicted octanol–water partition coefficient (Wildman–Crippen LogP) is 4.38. The predicted molar refractivity (Wildman–Crippen MR) is 134 cm³/mol. The molecular formula is C28H33N3O4. The zero-order chi connectivity index (χ0) is 24.3. The second-order valence-corrected chi connectivity index (χ2v) is 10.6. The molecule has 7 nitrogen and oxygen atoms in total. The Bertz CT molecular complexity index is 1280. The van der Waals surface area contributed by atoms with Crippen molar-refractivity contribution in [3.8, 4) is 17.2 Å². The van der Waals surface area contributed by atoms with Crippen molar-refractivity contribution >= 4 is 16.9 Å². The van der Waals surface area contributed by atoms with Gasteiger partial charge >= 0.3 is 5.97 Å². The summed E-state index contributed by atoms with van der Waals surface area (Å²) in [6.07, 6.45) is 5.10. The molecule has 4 bridgehead atoms. The molecule has 7 heteroatoms. The topological polar surface area (TPSA) is 112 Å². The lowest BCUT2D eigenvalue weighted by Gasteiger charge is -2.53. The summed E-state index contributed by atoms with van der Waals surface area (Å²) in [4.78, 5) is 17.6. The number of piperidine rings is 2. The fraction of sp³-hybridized carbons (Fsp3) is 0.464. The van der Waals surface area contributed by atoms with Crippen LogP contribution in [0.2, 0.25) is 0 Å². The number of ether oxygens (including phenoxy) is 1. The number of aromatic amines is 1. The maximum Gasteiger partial charge on any atom is 0.320 e. The van der Waals surface area contributed by atoms with Crippen LogP contribution in [0.1, 0.15) is 48.9 Å². The van der Waals surface area contributed by atoms with Crippen molar-refractivity contribution in [3.63, 3.8) is 0 Å². The molecular weight excluding hydrogens is 442 g/mol. The number of carboxylic acid groups (broad SMARTS) is 1. The molecule has 3 fully saturated rings. The number of aromatic nitrogens is 1. The molecule has 2 aromatic carbocycles. The zero-order valence-corrected chi connectivity index (χ0v) is 20.0. The monoisotopic (exact) mass is 475 g/mol. The highest BCUT2D eigenvalue weighted by Crippen LogP contribution is 2.51. The number of carboxylic acids is 1. The van der Waals surface area contributed by atoms with Crippen molar-refractivity contribution in [3.05, 3.63) is 53.2 Å². The van der Waals surface area contributed by atoms with Gasteiger partial charge in [0.2, 0.25) is 0 Å². The SMILES string of the molecule is CCC1CC2CC3c4[nH]c5ccc(Oc6ccc(CC(N)C(=O)O)cc6O)cc5c4CCN(C2)C13. The minimum atomic E-state index is -1.07. The maximum absolute atomic E-state index is 11.0. The van der Waals surface area contributed by atoms with E-state index in [1.807, 2.05) is 6.07 Å². The number of benzene rings is 2. The lowest BCUT2D eigenvalue weighted by molar-refractivity contribution is -0.138. The first-order chi connectivity index (χ1) is 16.9. The number of carbonyl (C=O) groups is 1. The van der Waals surface area contributed by atoms with Gasteiger partial charge in [-0.05, 0) is 79.0 Å². The molecule has 4 aliphatic rings. The normalized spacial score (nSPS) is 27.9. The molecule has 1 aromatic heterocycles. The minimum absolute atomic E-state index is 0.0312. The van der Waals surface area contributed by atoms with E-state index in [1.165, 1.54) is 48.5 Å². The number of nitrogens with one attached hydrogen (secondary N) is 1. The molecule has 184 valence electrons. The molecule has 35 heavy (non-hydrogen) atoms. The third kappa shape index (κ3) is 3.87. The quantitative estimate of drug-likeness (QED) is 0.421. The third-order valence-corrected chi connectivity index (χ3v) is 8.51. The number of aromatic hydroxyl groups is 1. The highest BCUT2D eigenvalue weighted by Gasteiger charge is 2.48. The largest absolute Gasteiger partial charge is 0.504 e. The average Bonchev–Trinajstić information content (AvgIpc) is 3.16. The van der Waals surface area contributed by atoms with E-state index in [9.17, 15) is 9.90 Å². The number of rotatable bonds is 6. The molecule has 0 spiro atoms. The first kappa shape index (κ1) is 22.4. The number of hydrogen-bond donors (Lipinski definition) is 4. The van der Waals surface area contributed by atoms with Crippen LogP contribution in [0.5, 0.6) is 17.2 Å². The fourth-order valence-corrected chi connectivity index (χ4v) is 6.98. The lowest BCUT2D eigenvalue weighted by atomic mass is 9.65. The van der Waals surface area contributed by atoms with Crippen LogP contribution in [-0.4, -0.2) is 51.2 Å². The van der Waals surface area contributed by atoms with Gasteiger partial charge < -0.3 is 25.7 Å². The highest BCUT2D eigenvalue weighted by molar-refractivity contribution is 5.86. The van der Waals surface area contributed by atoms with Gasteiger partial charge in [0.25, 0.3) is 0 Å². The number of phenols is 1. The van der Waals surface area contributed by atoms with Crippen molar-refractivity contribution in [2.75, 3.05) is 13.1 Å². The van der Waals surface area contributed by atoms with Gasteiger partial charge in [-0.1, -0.05) is 19.4 Å². The molecule has 1 aliphatic carbocycles. The number of H-pyrrole nitrogens is 1. The Hall–Kier alpha value is -3.03. The van der Waals surface area contributed by atoms with E-state index in [4.69, 9.17) is 15.6 Å². The van der Waals surface area contributed by atoms with Gasteiger partial charge in [0.05, 0.1) is 0 Å². The van der Waals surface area contributed by atoms with Gasteiger partial charge in [-0.25, -0.2) is 0 Å². The van der Waals surface area contributed by atoms with E-state index < -0.39 is 12.0 Å². The summed E-state index contributed by atoms with van der Waals surface area (Å²) < 4.78 is 6.06. The van der Waals surface area contributed by atoms with Crippen molar-refractivity contribution < 1.29 is 19.7 Å². The summed E-state index contributed by atoms with van der Waals surface area (Å²) in [7, 11) is 0. The third-order valence-electron chi connectivity index (χ3n) is 8.51. The van der Waals surface area contributed by atoms with Crippen LogP contribution in [-0.2, 0) is 17.6 Å². The van der Waals surface area contributed by atoms with Crippen LogP contribution >= 0.6 is 0 Å². The van der Waals surface area contributed by atoms with Crippen LogP contribution < -0.4 is 10.5 Å². The van der Waals surface area contributed by atoms with Crippen molar-refractivity contribution in [1.29, 1.82) is 0 Å². The zero-order valence-electron chi connectivity index (χ0n) is 20.0. The van der Waals surface area contributed by atoms with E-state index >= 15 is 0 Å².